The third-order valence-corrected chi connectivity index (χ3v) is 7.62. The van der Waals surface area contributed by atoms with Gasteiger partial charge in [-0.15, -0.1) is 0 Å². The van der Waals surface area contributed by atoms with Crippen molar-refractivity contribution in [2.24, 2.45) is 5.92 Å². The molecule has 0 radical (unpaired) electrons. The number of benzene rings is 3. The lowest BCUT2D eigenvalue weighted by Gasteiger charge is -2.45. The maximum atomic E-state index is 12.7. The van der Waals surface area contributed by atoms with Crippen LogP contribution in [0.5, 0.6) is 0 Å². The Bertz CT molecular complexity index is 1180. The Morgan fingerprint density at radius 2 is 1.40 bits per heavy atom. The summed E-state index contributed by atoms with van der Waals surface area (Å²) in [6.07, 6.45) is 2.18. The highest BCUT2D eigenvalue weighted by Gasteiger charge is 2.42. The highest BCUT2D eigenvalue weighted by atomic mass is 32.2. The van der Waals surface area contributed by atoms with Crippen LogP contribution in [0.4, 0.5) is 0 Å². The largest absolute Gasteiger partial charge is 0.352 e. The van der Waals surface area contributed by atoms with Gasteiger partial charge in [-0.1, -0.05) is 48.5 Å². The number of hydrogen-bond donors (Lipinski definition) is 1. The molecule has 0 fully saturated rings. The lowest BCUT2D eigenvalue weighted by Crippen LogP contribution is -2.39. The van der Waals surface area contributed by atoms with E-state index in [0.717, 1.165) is 12.7 Å². The molecular formula is C25H23NO3S. The molecule has 0 spiro atoms. The van der Waals surface area contributed by atoms with Gasteiger partial charge in [0.15, 0.2) is 9.84 Å². The predicted octanol–water partition coefficient (Wildman–Crippen LogP) is 4.12. The maximum absolute atomic E-state index is 12.7. The number of rotatable bonds is 4. The lowest BCUT2D eigenvalue weighted by atomic mass is 9.59. The van der Waals surface area contributed by atoms with Crippen molar-refractivity contribution in [1.29, 1.82) is 0 Å². The monoisotopic (exact) mass is 417 g/mol. The summed E-state index contributed by atoms with van der Waals surface area (Å²) in [5, 5.41) is 3.08. The average molecular weight is 418 g/mol. The number of amides is 1. The van der Waals surface area contributed by atoms with Crippen LogP contribution in [0.1, 0.15) is 50.9 Å². The van der Waals surface area contributed by atoms with E-state index in [0.29, 0.717) is 23.9 Å². The number of nitrogens with one attached hydrogen (secondary N) is 1. The Morgan fingerprint density at radius 1 is 0.867 bits per heavy atom. The zero-order valence-corrected chi connectivity index (χ0v) is 17.5. The average Bonchev–Trinajstić information content (AvgIpc) is 2.77. The summed E-state index contributed by atoms with van der Waals surface area (Å²) in [6.45, 7) is 0.594. The second-order valence-corrected chi connectivity index (χ2v) is 10.3. The Kier molecular flexibility index (Phi) is 4.51. The molecule has 2 bridgehead atoms. The molecule has 5 heteroatoms. The van der Waals surface area contributed by atoms with Crippen molar-refractivity contribution in [3.63, 3.8) is 0 Å². The van der Waals surface area contributed by atoms with Crippen LogP contribution < -0.4 is 5.32 Å². The molecule has 3 aliphatic carbocycles. The van der Waals surface area contributed by atoms with E-state index in [1.165, 1.54) is 34.4 Å². The van der Waals surface area contributed by atoms with Crippen molar-refractivity contribution < 1.29 is 13.2 Å². The molecule has 1 N–H and O–H groups in total. The molecule has 1 amide bonds. The van der Waals surface area contributed by atoms with Crippen LogP contribution in [-0.4, -0.2) is 27.1 Å². The quantitative estimate of drug-likeness (QED) is 0.695. The molecular weight excluding hydrogens is 394 g/mol. The lowest BCUT2D eigenvalue weighted by molar-refractivity contribution is 0.0943. The third-order valence-electron chi connectivity index (χ3n) is 6.49. The van der Waals surface area contributed by atoms with Crippen LogP contribution in [0, 0.1) is 5.92 Å². The van der Waals surface area contributed by atoms with E-state index in [4.69, 9.17) is 0 Å². The highest BCUT2D eigenvalue weighted by molar-refractivity contribution is 7.90. The smallest absolute Gasteiger partial charge is 0.251 e. The van der Waals surface area contributed by atoms with Gasteiger partial charge in [-0.3, -0.25) is 4.79 Å². The number of carbonyl (C=O) groups excluding carboxylic acids is 1. The van der Waals surface area contributed by atoms with Gasteiger partial charge in [-0.2, -0.15) is 0 Å². The van der Waals surface area contributed by atoms with Gasteiger partial charge >= 0.3 is 0 Å². The molecule has 0 aromatic heterocycles. The van der Waals surface area contributed by atoms with E-state index in [9.17, 15) is 13.2 Å². The van der Waals surface area contributed by atoms with E-state index in [1.54, 1.807) is 12.1 Å². The Balaban J connectivity index is 1.37. The number of fused-ring (bicyclic) bond motifs is 1. The standard InChI is InChI=1S/C25H23NO3S/c1-30(28,29)18-12-10-16(11-13-18)25(27)26-15-17-14-23-19-6-2-4-8-21(19)24(17)22-9-5-3-7-20(22)23/h2-13,17,23-24H,14-15H2,1H3,(H,26,27). The molecule has 6 rings (SSSR count). The van der Waals surface area contributed by atoms with Gasteiger partial charge in [0.25, 0.3) is 5.91 Å². The topological polar surface area (TPSA) is 63.2 Å². The fraction of sp³-hybridized carbons (Fsp3) is 0.240. The van der Waals surface area contributed by atoms with E-state index in [-0.39, 0.29) is 16.7 Å². The molecule has 0 saturated carbocycles. The van der Waals surface area contributed by atoms with Gasteiger partial charge in [0.1, 0.15) is 0 Å². The zero-order chi connectivity index (χ0) is 20.9. The number of sulfone groups is 1. The summed E-state index contributed by atoms with van der Waals surface area (Å²) < 4.78 is 23.2. The van der Waals surface area contributed by atoms with Gasteiger partial charge in [0.05, 0.1) is 4.90 Å². The van der Waals surface area contributed by atoms with Crippen LogP contribution in [-0.2, 0) is 9.84 Å². The molecule has 0 heterocycles. The Morgan fingerprint density at radius 3 is 1.93 bits per heavy atom. The second-order valence-electron chi connectivity index (χ2n) is 8.29. The van der Waals surface area contributed by atoms with E-state index >= 15 is 0 Å². The summed E-state index contributed by atoms with van der Waals surface area (Å²) in [7, 11) is -3.27. The summed E-state index contributed by atoms with van der Waals surface area (Å²) in [6, 6.07) is 23.5. The Hall–Kier alpha value is -2.92. The predicted molar refractivity (Wildman–Crippen MR) is 117 cm³/mol. The fourth-order valence-corrected chi connectivity index (χ4v) is 5.77. The molecule has 3 aromatic carbocycles. The molecule has 152 valence electrons. The molecule has 0 saturated heterocycles. The van der Waals surface area contributed by atoms with Gasteiger partial charge in [-0.25, -0.2) is 8.42 Å². The normalized spacial score (nSPS) is 21.6. The summed E-state index contributed by atoms with van der Waals surface area (Å²) in [4.78, 5) is 12.9. The van der Waals surface area contributed by atoms with E-state index < -0.39 is 9.84 Å². The van der Waals surface area contributed by atoms with Crippen molar-refractivity contribution in [3.8, 4) is 0 Å². The van der Waals surface area contributed by atoms with Crippen molar-refractivity contribution in [3.05, 3.63) is 101 Å². The third kappa shape index (κ3) is 3.14. The summed E-state index contributed by atoms with van der Waals surface area (Å²) >= 11 is 0. The molecule has 30 heavy (non-hydrogen) atoms. The summed E-state index contributed by atoms with van der Waals surface area (Å²) in [5.74, 6) is 0.825. The molecule has 3 aliphatic rings. The first-order chi connectivity index (χ1) is 14.4. The fourth-order valence-electron chi connectivity index (χ4n) is 5.14. The zero-order valence-electron chi connectivity index (χ0n) is 16.7. The van der Waals surface area contributed by atoms with Crippen LogP contribution in [0.25, 0.3) is 0 Å². The van der Waals surface area contributed by atoms with Gasteiger partial charge < -0.3 is 5.32 Å². The van der Waals surface area contributed by atoms with Crippen LogP contribution in [0.3, 0.4) is 0 Å². The molecule has 1 atom stereocenters. The number of hydrogen-bond acceptors (Lipinski definition) is 3. The van der Waals surface area contributed by atoms with Gasteiger partial charge in [0.2, 0.25) is 0 Å². The first kappa shape index (κ1) is 19.1. The minimum atomic E-state index is -3.27. The second kappa shape index (κ2) is 7.10. The first-order valence-corrected chi connectivity index (χ1v) is 12.1. The maximum Gasteiger partial charge on any atom is 0.251 e. The van der Waals surface area contributed by atoms with Crippen molar-refractivity contribution in [2.45, 2.75) is 23.2 Å². The molecule has 4 nitrogen and oxygen atoms in total. The minimum Gasteiger partial charge on any atom is -0.352 e. The molecule has 3 aromatic rings. The van der Waals surface area contributed by atoms with E-state index in [2.05, 4.69) is 53.8 Å². The van der Waals surface area contributed by atoms with Crippen LogP contribution in [0.15, 0.2) is 77.7 Å². The van der Waals surface area contributed by atoms with Crippen molar-refractivity contribution >= 4 is 15.7 Å². The molecule has 0 aliphatic heterocycles. The SMILES string of the molecule is CS(=O)(=O)c1ccc(C(=O)NCC2CC3c4ccccc4C2c2ccccc23)cc1. The summed E-state index contributed by atoms with van der Waals surface area (Å²) in [5.41, 5.74) is 6.07. The van der Waals surface area contributed by atoms with Crippen molar-refractivity contribution in [1.82, 2.24) is 5.32 Å². The van der Waals surface area contributed by atoms with Crippen LogP contribution >= 0.6 is 0 Å². The highest BCUT2D eigenvalue weighted by Crippen LogP contribution is 2.55. The van der Waals surface area contributed by atoms with Gasteiger partial charge in [0, 0.05) is 30.2 Å². The Labute approximate surface area is 176 Å². The minimum absolute atomic E-state index is 0.168. The van der Waals surface area contributed by atoms with E-state index in [1.807, 2.05) is 0 Å². The van der Waals surface area contributed by atoms with Crippen molar-refractivity contribution in [2.75, 3.05) is 12.8 Å². The number of carbonyl (C=O) groups is 1. The molecule has 1 unspecified atom stereocenters. The van der Waals surface area contributed by atoms with Crippen LogP contribution in [0.2, 0.25) is 0 Å². The van der Waals surface area contributed by atoms with Gasteiger partial charge in [-0.05, 0) is 58.9 Å². The first-order valence-electron chi connectivity index (χ1n) is 10.2.